The quantitative estimate of drug-likeness (QED) is 0.478. The van der Waals surface area contributed by atoms with Crippen molar-refractivity contribution in [3.05, 3.63) is 54.1 Å². The molecule has 2 rings (SSSR count). The molecule has 0 aliphatic carbocycles. The Kier molecular flexibility index (Phi) is 6.52. The van der Waals surface area contributed by atoms with E-state index in [9.17, 15) is 0 Å². The molecule has 0 N–H and O–H groups in total. The molecular formula is C19H29N2+. The SMILES string of the molecule is CCCCCn1cc[n+](CCCC)c1Cc1ccccc1. The number of unbranched alkanes of at least 4 members (excludes halogenated alkanes) is 3. The van der Waals surface area contributed by atoms with Crippen molar-refractivity contribution in [2.24, 2.45) is 0 Å². The van der Waals surface area contributed by atoms with Crippen LogP contribution in [0.2, 0.25) is 0 Å². The molecule has 21 heavy (non-hydrogen) atoms. The maximum Gasteiger partial charge on any atom is 0.260 e. The topological polar surface area (TPSA) is 8.81 Å². The van der Waals surface area contributed by atoms with Crippen LogP contribution in [0.1, 0.15) is 57.3 Å². The van der Waals surface area contributed by atoms with E-state index in [2.05, 4.69) is 65.7 Å². The van der Waals surface area contributed by atoms with Crippen molar-refractivity contribution < 1.29 is 4.57 Å². The average Bonchev–Trinajstić information content (AvgIpc) is 2.89. The van der Waals surface area contributed by atoms with E-state index in [1.54, 1.807) is 0 Å². The second-order valence-corrected chi connectivity index (χ2v) is 5.82. The summed E-state index contributed by atoms with van der Waals surface area (Å²) >= 11 is 0. The van der Waals surface area contributed by atoms with Gasteiger partial charge in [0.1, 0.15) is 12.4 Å². The van der Waals surface area contributed by atoms with E-state index in [4.69, 9.17) is 0 Å². The third-order valence-electron chi connectivity index (χ3n) is 4.05. The number of rotatable bonds is 9. The summed E-state index contributed by atoms with van der Waals surface area (Å²) in [5.41, 5.74) is 1.40. The first-order chi connectivity index (χ1) is 10.3. The molecule has 0 bridgehead atoms. The highest BCUT2D eigenvalue weighted by molar-refractivity contribution is 5.18. The smallest absolute Gasteiger partial charge is 0.234 e. The van der Waals surface area contributed by atoms with E-state index in [1.807, 2.05) is 0 Å². The molecule has 0 aliphatic heterocycles. The Hall–Kier alpha value is -1.57. The van der Waals surface area contributed by atoms with Gasteiger partial charge in [0.05, 0.1) is 19.5 Å². The molecule has 114 valence electrons. The van der Waals surface area contributed by atoms with Gasteiger partial charge in [-0.1, -0.05) is 57.0 Å². The maximum atomic E-state index is 2.46. The van der Waals surface area contributed by atoms with Gasteiger partial charge >= 0.3 is 0 Å². The van der Waals surface area contributed by atoms with Crippen LogP contribution in [0.5, 0.6) is 0 Å². The first-order valence-corrected chi connectivity index (χ1v) is 8.46. The minimum absolute atomic E-state index is 1.03. The summed E-state index contributed by atoms with van der Waals surface area (Å²) in [6.45, 7) is 6.81. The summed E-state index contributed by atoms with van der Waals surface area (Å²) in [6.07, 6.45) is 11.9. The third kappa shape index (κ3) is 4.73. The van der Waals surface area contributed by atoms with Crippen molar-refractivity contribution in [2.45, 2.75) is 65.5 Å². The fourth-order valence-corrected chi connectivity index (χ4v) is 2.75. The normalized spacial score (nSPS) is 11.0. The zero-order valence-electron chi connectivity index (χ0n) is 13.6. The van der Waals surface area contributed by atoms with E-state index in [0.717, 1.165) is 19.5 Å². The largest absolute Gasteiger partial charge is 0.260 e. The van der Waals surface area contributed by atoms with Crippen molar-refractivity contribution in [2.75, 3.05) is 0 Å². The highest BCUT2D eigenvalue weighted by Gasteiger charge is 2.16. The Morgan fingerprint density at radius 2 is 1.71 bits per heavy atom. The summed E-state index contributed by atoms with van der Waals surface area (Å²) < 4.78 is 4.90. The van der Waals surface area contributed by atoms with Crippen molar-refractivity contribution in [3.8, 4) is 0 Å². The highest BCUT2D eigenvalue weighted by atomic mass is 15.1. The molecule has 0 fully saturated rings. The lowest BCUT2D eigenvalue weighted by Gasteiger charge is -2.05. The minimum Gasteiger partial charge on any atom is -0.234 e. The second-order valence-electron chi connectivity index (χ2n) is 5.82. The molecular weight excluding hydrogens is 256 g/mol. The van der Waals surface area contributed by atoms with E-state index >= 15 is 0 Å². The van der Waals surface area contributed by atoms with Crippen molar-refractivity contribution in [3.63, 3.8) is 0 Å². The standard InChI is InChI=1S/C19H29N2/c1-3-5-10-14-21-16-15-20(13-6-4-2)19(21)17-18-11-8-7-9-12-18/h7-9,11-12,15-16H,3-6,10,13-14,17H2,1-2H3/q+1. The van der Waals surface area contributed by atoms with Gasteiger partial charge < -0.3 is 0 Å². The summed E-state index contributed by atoms with van der Waals surface area (Å²) in [5, 5.41) is 0. The molecule has 0 saturated heterocycles. The molecule has 1 aromatic carbocycles. The Morgan fingerprint density at radius 1 is 0.952 bits per heavy atom. The number of hydrogen-bond donors (Lipinski definition) is 0. The van der Waals surface area contributed by atoms with Crippen LogP contribution in [0.15, 0.2) is 42.7 Å². The summed E-state index contributed by atoms with van der Waals surface area (Å²) in [5.74, 6) is 1.45. The molecule has 0 amide bonds. The van der Waals surface area contributed by atoms with Crippen LogP contribution in [0.4, 0.5) is 0 Å². The Balaban J connectivity index is 2.14. The number of aryl methyl sites for hydroxylation is 2. The van der Waals surface area contributed by atoms with Gasteiger partial charge in [-0.05, 0) is 24.8 Å². The van der Waals surface area contributed by atoms with Crippen LogP contribution in [0.3, 0.4) is 0 Å². The maximum absolute atomic E-state index is 2.46. The highest BCUT2D eigenvalue weighted by Crippen LogP contribution is 2.09. The van der Waals surface area contributed by atoms with Crippen LogP contribution in [-0.4, -0.2) is 4.57 Å². The minimum atomic E-state index is 1.03. The van der Waals surface area contributed by atoms with Gasteiger partial charge in [0, 0.05) is 0 Å². The lowest BCUT2D eigenvalue weighted by atomic mass is 10.1. The van der Waals surface area contributed by atoms with E-state index in [-0.39, 0.29) is 0 Å². The number of imidazole rings is 1. The van der Waals surface area contributed by atoms with Gasteiger partial charge in [-0.3, -0.25) is 0 Å². The molecule has 0 aliphatic rings. The average molecular weight is 285 g/mol. The van der Waals surface area contributed by atoms with Crippen molar-refractivity contribution in [1.82, 2.24) is 4.57 Å². The van der Waals surface area contributed by atoms with Crippen molar-refractivity contribution >= 4 is 0 Å². The molecule has 0 radical (unpaired) electrons. The summed E-state index contributed by atoms with van der Waals surface area (Å²) in [6, 6.07) is 10.8. The molecule has 1 aromatic heterocycles. The Labute approximate surface area is 129 Å². The van der Waals surface area contributed by atoms with Gasteiger partial charge in [0.15, 0.2) is 0 Å². The van der Waals surface area contributed by atoms with Crippen LogP contribution in [0, 0.1) is 0 Å². The molecule has 2 heteroatoms. The van der Waals surface area contributed by atoms with Crippen LogP contribution >= 0.6 is 0 Å². The fourth-order valence-electron chi connectivity index (χ4n) is 2.75. The van der Waals surface area contributed by atoms with Crippen LogP contribution in [-0.2, 0) is 19.5 Å². The zero-order chi connectivity index (χ0) is 14.9. The molecule has 0 spiro atoms. The predicted molar refractivity (Wildman–Crippen MR) is 88.3 cm³/mol. The molecule has 1 heterocycles. The van der Waals surface area contributed by atoms with Gasteiger partial charge in [-0.15, -0.1) is 0 Å². The number of hydrogen-bond acceptors (Lipinski definition) is 0. The van der Waals surface area contributed by atoms with E-state index < -0.39 is 0 Å². The fraction of sp³-hybridized carbons (Fsp3) is 0.526. The lowest BCUT2D eigenvalue weighted by Crippen LogP contribution is -2.37. The molecule has 0 saturated carbocycles. The van der Waals surface area contributed by atoms with E-state index in [1.165, 1.54) is 43.5 Å². The second kappa shape index (κ2) is 8.66. The van der Waals surface area contributed by atoms with Crippen molar-refractivity contribution in [1.29, 1.82) is 0 Å². The molecule has 2 nitrogen and oxygen atoms in total. The first-order valence-electron chi connectivity index (χ1n) is 8.46. The van der Waals surface area contributed by atoms with Gasteiger partial charge in [-0.25, -0.2) is 9.13 Å². The monoisotopic (exact) mass is 285 g/mol. The van der Waals surface area contributed by atoms with Gasteiger partial charge in [0.2, 0.25) is 0 Å². The molecule has 2 aromatic rings. The number of nitrogens with zero attached hydrogens (tertiary/aromatic N) is 2. The van der Waals surface area contributed by atoms with Gasteiger partial charge in [-0.2, -0.15) is 0 Å². The van der Waals surface area contributed by atoms with Gasteiger partial charge in [0.25, 0.3) is 5.82 Å². The van der Waals surface area contributed by atoms with E-state index in [0.29, 0.717) is 0 Å². The Bertz CT molecular complexity index is 514. The van der Waals surface area contributed by atoms with Crippen LogP contribution < -0.4 is 4.57 Å². The summed E-state index contributed by atoms with van der Waals surface area (Å²) in [7, 11) is 0. The molecule has 0 atom stereocenters. The molecule has 0 unspecified atom stereocenters. The Morgan fingerprint density at radius 3 is 2.43 bits per heavy atom. The third-order valence-corrected chi connectivity index (χ3v) is 4.05. The number of benzene rings is 1. The predicted octanol–water partition coefficient (Wildman–Crippen LogP) is 4.36. The summed E-state index contributed by atoms with van der Waals surface area (Å²) in [4.78, 5) is 0. The lowest BCUT2D eigenvalue weighted by molar-refractivity contribution is -0.703. The van der Waals surface area contributed by atoms with Crippen LogP contribution in [0.25, 0.3) is 0 Å². The first kappa shape index (κ1) is 15.8. The zero-order valence-corrected chi connectivity index (χ0v) is 13.6. The number of aromatic nitrogens is 2.